The Labute approximate surface area is 143 Å². The summed E-state index contributed by atoms with van der Waals surface area (Å²) >= 11 is 6.18. The Hall–Kier alpha value is -1.56. The smallest absolute Gasteiger partial charge is 0.407 e. The number of nitrogens with one attached hydrogen (secondary N) is 2. The van der Waals surface area contributed by atoms with Gasteiger partial charge >= 0.3 is 6.09 Å². The van der Waals surface area contributed by atoms with E-state index in [1.165, 1.54) is 0 Å². The van der Waals surface area contributed by atoms with Crippen molar-refractivity contribution in [1.82, 2.24) is 15.3 Å². The van der Waals surface area contributed by atoms with Gasteiger partial charge in [-0.3, -0.25) is 0 Å². The second-order valence-corrected chi connectivity index (χ2v) is 7.78. The summed E-state index contributed by atoms with van der Waals surface area (Å²) in [6.45, 7) is 14.4. The van der Waals surface area contributed by atoms with E-state index in [0.29, 0.717) is 29.9 Å². The summed E-state index contributed by atoms with van der Waals surface area (Å²) in [4.78, 5) is 20.4. The Morgan fingerprint density at radius 1 is 1.13 bits per heavy atom. The number of alkyl carbamates (subject to hydrolysis) is 1. The van der Waals surface area contributed by atoms with Crippen molar-refractivity contribution in [2.75, 3.05) is 18.4 Å². The highest BCUT2D eigenvalue weighted by Crippen LogP contribution is 2.25. The highest BCUT2D eigenvalue weighted by atomic mass is 35.5. The fourth-order valence-corrected chi connectivity index (χ4v) is 1.83. The fourth-order valence-electron chi connectivity index (χ4n) is 1.66. The van der Waals surface area contributed by atoms with Gasteiger partial charge in [-0.05, 0) is 27.7 Å². The maximum Gasteiger partial charge on any atom is 0.407 e. The minimum atomic E-state index is -0.504. The van der Waals surface area contributed by atoms with E-state index in [9.17, 15) is 4.79 Å². The van der Waals surface area contributed by atoms with E-state index in [0.717, 1.165) is 5.56 Å². The minimum Gasteiger partial charge on any atom is -0.444 e. The molecular formula is C16H27ClN4O2. The Balaban J connectivity index is 2.62. The molecule has 0 bridgehead atoms. The molecule has 1 aromatic rings. The van der Waals surface area contributed by atoms with E-state index in [4.69, 9.17) is 16.3 Å². The maximum atomic E-state index is 11.6. The number of halogens is 1. The van der Waals surface area contributed by atoms with Gasteiger partial charge in [-0.25, -0.2) is 14.8 Å². The molecule has 0 unspecified atom stereocenters. The van der Waals surface area contributed by atoms with E-state index in [2.05, 4.69) is 20.6 Å². The van der Waals surface area contributed by atoms with Gasteiger partial charge in [0.15, 0.2) is 0 Å². The molecule has 0 fully saturated rings. The lowest BCUT2D eigenvalue weighted by Crippen LogP contribution is -2.35. The monoisotopic (exact) mass is 342 g/mol. The summed E-state index contributed by atoms with van der Waals surface area (Å²) < 4.78 is 5.17. The van der Waals surface area contributed by atoms with Crippen LogP contribution in [0.25, 0.3) is 0 Å². The molecule has 1 rings (SSSR count). The van der Waals surface area contributed by atoms with Gasteiger partial charge in [0.25, 0.3) is 0 Å². The highest BCUT2D eigenvalue weighted by molar-refractivity contribution is 6.30. The number of anilines is 1. The number of hydrogen-bond donors (Lipinski definition) is 2. The van der Waals surface area contributed by atoms with Crippen molar-refractivity contribution < 1.29 is 9.53 Å². The van der Waals surface area contributed by atoms with E-state index < -0.39 is 11.7 Å². The molecule has 0 aromatic carbocycles. The van der Waals surface area contributed by atoms with Crippen LogP contribution in [-0.4, -0.2) is 34.8 Å². The first-order chi connectivity index (χ1) is 10.4. The average Bonchev–Trinajstić information content (AvgIpc) is 2.35. The third-order valence-corrected chi connectivity index (χ3v) is 3.21. The van der Waals surface area contributed by atoms with Crippen LogP contribution in [0.15, 0.2) is 0 Å². The highest BCUT2D eigenvalue weighted by Gasteiger charge is 2.20. The van der Waals surface area contributed by atoms with Crippen LogP contribution in [0.4, 0.5) is 10.6 Å². The molecule has 130 valence electrons. The third kappa shape index (κ3) is 6.60. The van der Waals surface area contributed by atoms with Crippen LogP contribution in [-0.2, 0) is 10.2 Å². The van der Waals surface area contributed by atoms with Crippen LogP contribution in [0.5, 0.6) is 0 Å². The molecular weight excluding hydrogens is 316 g/mol. The summed E-state index contributed by atoms with van der Waals surface area (Å²) in [6.07, 6.45) is -0.438. The lowest BCUT2D eigenvalue weighted by molar-refractivity contribution is 0.0530. The Kier molecular flexibility index (Phi) is 6.22. The number of nitrogens with zero attached hydrogens (tertiary/aromatic N) is 2. The molecule has 0 saturated carbocycles. The largest absolute Gasteiger partial charge is 0.444 e. The van der Waals surface area contributed by atoms with Crippen LogP contribution in [0, 0.1) is 6.92 Å². The zero-order valence-corrected chi connectivity index (χ0v) is 15.8. The molecule has 1 heterocycles. The SMILES string of the molecule is Cc1c(Cl)nc(C(C)(C)C)nc1NCCNC(=O)OC(C)(C)C. The molecule has 2 N–H and O–H groups in total. The van der Waals surface area contributed by atoms with Gasteiger partial charge in [-0.1, -0.05) is 32.4 Å². The fraction of sp³-hybridized carbons (Fsp3) is 0.688. The summed E-state index contributed by atoms with van der Waals surface area (Å²) in [7, 11) is 0. The number of rotatable bonds is 4. The van der Waals surface area contributed by atoms with Crippen molar-refractivity contribution in [3.05, 3.63) is 16.5 Å². The Bertz CT molecular complexity index is 562. The number of amides is 1. The third-order valence-electron chi connectivity index (χ3n) is 2.84. The second-order valence-electron chi connectivity index (χ2n) is 7.42. The molecule has 0 aliphatic carbocycles. The van der Waals surface area contributed by atoms with E-state index >= 15 is 0 Å². The molecule has 1 aromatic heterocycles. The normalized spacial score (nSPS) is 12.0. The maximum absolute atomic E-state index is 11.6. The zero-order valence-electron chi connectivity index (χ0n) is 15.0. The van der Waals surface area contributed by atoms with Crippen molar-refractivity contribution in [3.8, 4) is 0 Å². The molecule has 0 saturated heterocycles. The van der Waals surface area contributed by atoms with E-state index in [1.54, 1.807) is 0 Å². The van der Waals surface area contributed by atoms with Crippen molar-refractivity contribution in [2.24, 2.45) is 0 Å². The molecule has 23 heavy (non-hydrogen) atoms. The summed E-state index contributed by atoms with van der Waals surface area (Å²) in [5.41, 5.74) is 0.0928. The molecule has 0 aliphatic heterocycles. The van der Waals surface area contributed by atoms with Crippen molar-refractivity contribution in [2.45, 2.75) is 59.5 Å². The first-order valence-corrected chi connectivity index (χ1v) is 8.03. The van der Waals surface area contributed by atoms with Crippen LogP contribution >= 0.6 is 11.6 Å². The molecule has 0 radical (unpaired) electrons. The van der Waals surface area contributed by atoms with Crippen molar-refractivity contribution in [1.29, 1.82) is 0 Å². The first kappa shape index (κ1) is 19.5. The van der Waals surface area contributed by atoms with Gasteiger partial charge < -0.3 is 15.4 Å². The van der Waals surface area contributed by atoms with E-state index in [-0.39, 0.29) is 5.41 Å². The number of hydrogen-bond acceptors (Lipinski definition) is 5. The molecule has 0 aliphatic rings. The standard InChI is InChI=1S/C16H27ClN4O2/c1-10-11(17)20-13(15(2,3)4)21-12(10)18-8-9-19-14(22)23-16(5,6)7/h8-9H2,1-7H3,(H,19,22)(H,18,20,21). The van der Waals surface area contributed by atoms with Crippen LogP contribution in [0.2, 0.25) is 5.15 Å². The van der Waals surface area contributed by atoms with Crippen molar-refractivity contribution in [3.63, 3.8) is 0 Å². The van der Waals surface area contributed by atoms with Gasteiger partial charge in [0.05, 0.1) is 0 Å². The zero-order chi connectivity index (χ0) is 17.8. The molecule has 0 atom stereocenters. The lowest BCUT2D eigenvalue weighted by atomic mass is 9.95. The summed E-state index contributed by atoms with van der Waals surface area (Å²) in [5.74, 6) is 1.36. The van der Waals surface area contributed by atoms with E-state index in [1.807, 2.05) is 48.5 Å². The number of carbonyl (C=O) groups excluding carboxylic acids is 1. The first-order valence-electron chi connectivity index (χ1n) is 7.65. The summed E-state index contributed by atoms with van der Waals surface area (Å²) in [5, 5.41) is 6.30. The van der Waals surface area contributed by atoms with Gasteiger partial charge in [0.2, 0.25) is 0 Å². The minimum absolute atomic E-state index is 0.192. The van der Waals surface area contributed by atoms with Crippen LogP contribution < -0.4 is 10.6 Å². The molecule has 1 amide bonds. The van der Waals surface area contributed by atoms with Crippen LogP contribution in [0.1, 0.15) is 52.9 Å². The van der Waals surface area contributed by atoms with Crippen molar-refractivity contribution >= 4 is 23.5 Å². The predicted molar refractivity (Wildman–Crippen MR) is 93.2 cm³/mol. The molecule has 6 nitrogen and oxygen atoms in total. The number of aromatic nitrogens is 2. The molecule has 0 spiro atoms. The van der Waals surface area contributed by atoms with Crippen LogP contribution in [0.3, 0.4) is 0 Å². The average molecular weight is 343 g/mol. The molecule has 7 heteroatoms. The van der Waals surface area contributed by atoms with Gasteiger partial charge in [0, 0.05) is 24.1 Å². The van der Waals surface area contributed by atoms with Gasteiger partial charge in [-0.2, -0.15) is 0 Å². The van der Waals surface area contributed by atoms with Gasteiger partial charge in [-0.15, -0.1) is 0 Å². The van der Waals surface area contributed by atoms with Gasteiger partial charge in [0.1, 0.15) is 22.4 Å². The summed E-state index contributed by atoms with van der Waals surface area (Å²) in [6, 6.07) is 0. The lowest BCUT2D eigenvalue weighted by Gasteiger charge is -2.20. The number of ether oxygens (including phenoxy) is 1. The topological polar surface area (TPSA) is 76.1 Å². The second kappa shape index (κ2) is 7.34. The Morgan fingerprint density at radius 2 is 1.74 bits per heavy atom. The number of carbonyl (C=O) groups is 1. The predicted octanol–water partition coefficient (Wildman–Crippen LogP) is 3.67. The quantitative estimate of drug-likeness (QED) is 0.645. The Morgan fingerprint density at radius 3 is 2.26 bits per heavy atom.